The summed E-state index contributed by atoms with van der Waals surface area (Å²) in [6.45, 7) is 1.72. The van der Waals surface area contributed by atoms with Gasteiger partial charge in [-0.05, 0) is 79.5 Å². The van der Waals surface area contributed by atoms with Gasteiger partial charge in [-0.1, -0.05) is 30.3 Å². The molecule has 0 saturated heterocycles. The molecule has 4 bridgehead atoms. The number of nitrogens with zero attached hydrogens (tertiary/aromatic N) is 2. The topological polar surface area (TPSA) is 88.3 Å². The van der Waals surface area contributed by atoms with E-state index in [1.165, 1.54) is 11.1 Å². The molecular formula is C26H30N4O2. The third kappa shape index (κ3) is 3.19. The Hall–Kier alpha value is -2.89. The fraction of sp³-hybridized carbons (Fsp3) is 0.500. The average molecular weight is 431 g/mol. The standard InChI is InChI=1S/C26H30N4O2/c27-25(32)26-12-16-10-19(13-26)23(20(11-16)14-26)29-24(31)21-6-3-7-22(28-21)30-9-8-17-4-1-2-5-18(17)15-30/h1-7,16,19-20,23H,8-15H2,(H2,27,32)(H,29,31)/t16?,19?,20?,23-,26-. The Morgan fingerprint density at radius 3 is 2.50 bits per heavy atom. The van der Waals surface area contributed by atoms with Gasteiger partial charge in [0.1, 0.15) is 11.5 Å². The van der Waals surface area contributed by atoms with Crippen molar-refractivity contribution < 1.29 is 9.59 Å². The van der Waals surface area contributed by atoms with Gasteiger partial charge in [0.15, 0.2) is 0 Å². The van der Waals surface area contributed by atoms with Gasteiger partial charge < -0.3 is 16.0 Å². The molecule has 4 fully saturated rings. The van der Waals surface area contributed by atoms with Gasteiger partial charge >= 0.3 is 0 Å². The van der Waals surface area contributed by atoms with E-state index in [9.17, 15) is 9.59 Å². The Kier molecular flexibility index (Phi) is 4.52. The van der Waals surface area contributed by atoms with Gasteiger partial charge in [-0.25, -0.2) is 4.98 Å². The highest BCUT2D eigenvalue weighted by Crippen LogP contribution is 2.59. The quantitative estimate of drug-likeness (QED) is 0.780. The van der Waals surface area contributed by atoms with E-state index in [1.54, 1.807) is 6.07 Å². The maximum Gasteiger partial charge on any atom is 0.270 e. The van der Waals surface area contributed by atoms with Gasteiger partial charge in [-0.3, -0.25) is 9.59 Å². The zero-order chi connectivity index (χ0) is 21.9. The molecule has 1 aliphatic heterocycles. The fourth-order valence-corrected chi connectivity index (χ4v) is 7.20. The molecule has 7 rings (SSSR count). The number of fused-ring (bicyclic) bond motifs is 1. The molecule has 1 aromatic carbocycles. The monoisotopic (exact) mass is 430 g/mol. The number of primary amides is 1. The molecule has 2 unspecified atom stereocenters. The first-order chi connectivity index (χ1) is 15.5. The summed E-state index contributed by atoms with van der Waals surface area (Å²) < 4.78 is 0. The largest absolute Gasteiger partial charge is 0.369 e. The van der Waals surface area contributed by atoms with Crippen LogP contribution in [0.5, 0.6) is 0 Å². The highest BCUT2D eigenvalue weighted by Gasteiger charge is 2.58. The van der Waals surface area contributed by atoms with Crippen LogP contribution >= 0.6 is 0 Å². The second kappa shape index (κ2) is 7.32. The molecule has 3 N–H and O–H groups in total. The van der Waals surface area contributed by atoms with Gasteiger partial charge in [-0.15, -0.1) is 0 Å². The lowest BCUT2D eigenvalue weighted by Crippen LogP contribution is -2.62. The van der Waals surface area contributed by atoms with Crippen LogP contribution in [0.4, 0.5) is 5.82 Å². The summed E-state index contributed by atoms with van der Waals surface area (Å²) >= 11 is 0. The van der Waals surface area contributed by atoms with Crippen molar-refractivity contribution in [3.8, 4) is 0 Å². The fourth-order valence-electron chi connectivity index (χ4n) is 7.20. The molecule has 2 heterocycles. The minimum atomic E-state index is -0.333. The van der Waals surface area contributed by atoms with Crippen molar-refractivity contribution in [3.63, 3.8) is 0 Å². The van der Waals surface area contributed by atoms with E-state index >= 15 is 0 Å². The summed E-state index contributed by atoms with van der Waals surface area (Å²) in [5.41, 5.74) is 8.67. The first-order valence-corrected chi connectivity index (χ1v) is 11.9. The molecule has 2 amide bonds. The lowest BCUT2D eigenvalue weighted by atomic mass is 9.47. The van der Waals surface area contributed by atoms with Crippen molar-refractivity contribution >= 4 is 17.6 Å². The highest BCUT2D eigenvalue weighted by molar-refractivity contribution is 5.93. The minimum Gasteiger partial charge on any atom is -0.369 e. The summed E-state index contributed by atoms with van der Waals surface area (Å²) in [6, 6.07) is 14.4. The van der Waals surface area contributed by atoms with E-state index < -0.39 is 0 Å². The summed E-state index contributed by atoms with van der Waals surface area (Å²) in [5, 5.41) is 3.31. The molecule has 4 aliphatic carbocycles. The number of carbonyl (C=O) groups is 2. The Bertz CT molecular complexity index is 1070. The van der Waals surface area contributed by atoms with Crippen molar-refractivity contribution in [1.29, 1.82) is 0 Å². The van der Waals surface area contributed by atoms with Crippen LogP contribution in [0.25, 0.3) is 0 Å². The predicted molar refractivity (Wildman–Crippen MR) is 122 cm³/mol. The molecule has 1 aromatic heterocycles. The molecule has 0 radical (unpaired) electrons. The lowest BCUT2D eigenvalue weighted by molar-refractivity contribution is -0.145. The third-order valence-electron chi connectivity index (χ3n) is 8.52. The van der Waals surface area contributed by atoms with Crippen molar-refractivity contribution in [3.05, 3.63) is 59.3 Å². The molecule has 32 heavy (non-hydrogen) atoms. The van der Waals surface area contributed by atoms with E-state index in [0.29, 0.717) is 23.4 Å². The maximum atomic E-state index is 13.2. The van der Waals surface area contributed by atoms with Gasteiger partial charge in [-0.2, -0.15) is 0 Å². The van der Waals surface area contributed by atoms with Crippen molar-refractivity contribution in [1.82, 2.24) is 10.3 Å². The number of pyridine rings is 1. The molecule has 2 aromatic rings. The normalized spacial score (nSPS) is 32.4. The summed E-state index contributed by atoms with van der Waals surface area (Å²) in [5.74, 6) is 1.88. The number of hydrogen-bond acceptors (Lipinski definition) is 4. The van der Waals surface area contributed by atoms with Crippen LogP contribution < -0.4 is 16.0 Å². The first-order valence-electron chi connectivity index (χ1n) is 11.9. The van der Waals surface area contributed by atoms with Crippen LogP contribution in [-0.2, 0) is 17.8 Å². The number of benzene rings is 1. The Balaban J connectivity index is 1.18. The van der Waals surface area contributed by atoms with Crippen LogP contribution in [0.2, 0.25) is 0 Å². The number of nitrogens with two attached hydrogens (primary N) is 1. The number of rotatable bonds is 4. The molecule has 6 nitrogen and oxygen atoms in total. The number of hydrogen-bond donors (Lipinski definition) is 2. The molecule has 2 atom stereocenters. The average Bonchev–Trinajstić information content (AvgIpc) is 2.80. The highest BCUT2D eigenvalue weighted by atomic mass is 16.2. The van der Waals surface area contributed by atoms with E-state index in [4.69, 9.17) is 10.7 Å². The molecular weight excluding hydrogens is 400 g/mol. The van der Waals surface area contributed by atoms with Gasteiger partial charge in [0, 0.05) is 24.5 Å². The molecule has 166 valence electrons. The third-order valence-corrected chi connectivity index (χ3v) is 8.52. The van der Waals surface area contributed by atoms with Gasteiger partial charge in [0.2, 0.25) is 5.91 Å². The molecule has 5 aliphatic rings. The Labute approximate surface area is 188 Å². The first kappa shape index (κ1) is 19.8. The van der Waals surface area contributed by atoms with Crippen LogP contribution in [0.1, 0.15) is 53.7 Å². The number of nitrogens with one attached hydrogen (secondary N) is 1. The van der Waals surface area contributed by atoms with Crippen molar-refractivity contribution in [2.45, 2.75) is 51.1 Å². The number of aromatic nitrogens is 1. The lowest BCUT2D eigenvalue weighted by Gasteiger charge is -2.58. The smallest absolute Gasteiger partial charge is 0.270 e. The minimum absolute atomic E-state index is 0.102. The van der Waals surface area contributed by atoms with Crippen LogP contribution in [0.3, 0.4) is 0 Å². The van der Waals surface area contributed by atoms with E-state index in [2.05, 4.69) is 34.5 Å². The SMILES string of the molecule is NC(=O)[C@]12CC3CC(C1)[C@@H](NC(=O)c1cccc(N4CCc5ccccc5C4)n1)C(C3)C2. The van der Waals surface area contributed by atoms with E-state index in [1.807, 2.05) is 12.1 Å². The maximum absolute atomic E-state index is 13.2. The van der Waals surface area contributed by atoms with Crippen molar-refractivity contribution in [2.75, 3.05) is 11.4 Å². The molecule has 6 heteroatoms. The summed E-state index contributed by atoms with van der Waals surface area (Å²) in [7, 11) is 0. The second-order valence-corrected chi connectivity index (χ2v) is 10.4. The molecule has 0 spiro atoms. The summed E-state index contributed by atoms with van der Waals surface area (Å²) in [6.07, 6.45) is 5.76. The van der Waals surface area contributed by atoms with Crippen LogP contribution in [-0.4, -0.2) is 29.4 Å². The Morgan fingerprint density at radius 1 is 1.00 bits per heavy atom. The number of anilines is 1. The zero-order valence-electron chi connectivity index (χ0n) is 18.3. The van der Waals surface area contributed by atoms with Crippen molar-refractivity contribution in [2.24, 2.45) is 28.9 Å². The second-order valence-electron chi connectivity index (χ2n) is 10.4. The molecule has 4 saturated carbocycles. The van der Waals surface area contributed by atoms with Crippen LogP contribution in [0, 0.1) is 23.2 Å². The van der Waals surface area contributed by atoms with Crippen LogP contribution in [0.15, 0.2) is 42.5 Å². The van der Waals surface area contributed by atoms with E-state index in [0.717, 1.165) is 57.4 Å². The predicted octanol–water partition coefficient (Wildman–Crippen LogP) is 3.05. The van der Waals surface area contributed by atoms with Gasteiger partial charge in [0.05, 0.1) is 0 Å². The van der Waals surface area contributed by atoms with E-state index in [-0.39, 0.29) is 23.3 Å². The number of amides is 2. The number of carbonyl (C=O) groups excluding carboxylic acids is 2. The van der Waals surface area contributed by atoms with Gasteiger partial charge in [0.25, 0.3) is 5.91 Å². The summed E-state index contributed by atoms with van der Waals surface area (Å²) in [4.78, 5) is 32.4. The Morgan fingerprint density at radius 2 is 1.75 bits per heavy atom. The zero-order valence-corrected chi connectivity index (χ0v) is 18.3.